The number of piperazine rings is 1. The van der Waals surface area contributed by atoms with Crippen LogP contribution >= 0.6 is 27.3 Å². The lowest BCUT2D eigenvalue weighted by molar-refractivity contribution is -0.128. The van der Waals surface area contributed by atoms with Crippen LogP contribution in [0.15, 0.2) is 15.9 Å². The average molecular weight is 289 g/mol. The van der Waals surface area contributed by atoms with E-state index < -0.39 is 0 Å². The molecular formula is C10H13BrN2OS. The van der Waals surface area contributed by atoms with Gasteiger partial charge in [0.05, 0.1) is 9.83 Å². The zero-order chi connectivity index (χ0) is 10.8. The first-order chi connectivity index (χ1) is 7.16. The molecule has 1 aliphatic rings. The second-order valence-corrected chi connectivity index (χ2v) is 6.19. The number of carbonyl (C=O) groups excluding carboxylic acids is 1. The average Bonchev–Trinajstić information content (AvgIpc) is 2.59. The molecule has 1 aliphatic heterocycles. The molecule has 5 heteroatoms. The van der Waals surface area contributed by atoms with Gasteiger partial charge >= 0.3 is 0 Å². The molecule has 1 fully saturated rings. The molecule has 0 spiro atoms. The quantitative estimate of drug-likeness (QED) is 0.901. The predicted octanol–water partition coefficient (Wildman–Crippen LogP) is 1.83. The van der Waals surface area contributed by atoms with Crippen LogP contribution in [0.5, 0.6) is 0 Å². The van der Waals surface area contributed by atoms with Crippen LogP contribution < -0.4 is 5.32 Å². The molecule has 0 saturated carbocycles. The van der Waals surface area contributed by atoms with Crippen molar-refractivity contribution < 1.29 is 4.79 Å². The maximum absolute atomic E-state index is 11.4. The van der Waals surface area contributed by atoms with Gasteiger partial charge in [-0.25, -0.2) is 0 Å². The Morgan fingerprint density at radius 1 is 1.67 bits per heavy atom. The smallest absolute Gasteiger partial charge is 0.237 e. The van der Waals surface area contributed by atoms with Crippen LogP contribution in [0.25, 0.3) is 0 Å². The monoisotopic (exact) mass is 288 g/mol. The Bertz CT molecular complexity index is 366. The highest BCUT2D eigenvalue weighted by Crippen LogP contribution is 2.24. The fraction of sp³-hybridized carbons (Fsp3) is 0.500. The first-order valence-corrected chi connectivity index (χ1v) is 6.54. The van der Waals surface area contributed by atoms with Crippen molar-refractivity contribution in [1.82, 2.24) is 10.2 Å². The summed E-state index contributed by atoms with van der Waals surface area (Å²) in [6.45, 7) is 4.51. The van der Waals surface area contributed by atoms with Gasteiger partial charge in [0.1, 0.15) is 0 Å². The van der Waals surface area contributed by atoms with E-state index in [1.165, 1.54) is 4.88 Å². The van der Waals surface area contributed by atoms with Crippen molar-refractivity contribution in [3.05, 3.63) is 20.8 Å². The molecule has 0 aliphatic carbocycles. The number of nitrogens with one attached hydrogen (secondary N) is 1. The van der Waals surface area contributed by atoms with Gasteiger partial charge in [-0.05, 0) is 35.0 Å². The fourth-order valence-electron chi connectivity index (χ4n) is 1.68. The summed E-state index contributed by atoms with van der Waals surface area (Å²) in [6, 6.07) is 4.14. The van der Waals surface area contributed by atoms with Crippen LogP contribution in [0.2, 0.25) is 0 Å². The molecule has 2 rings (SSSR count). The number of rotatable bonds is 2. The van der Waals surface area contributed by atoms with E-state index in [0.717, 1.165) is 23.4 Å². The maximum Gasteiger partial charge on any atom is 0.237 e. The van der Waals surface area contributed by atoms with Crippen molar-refractivity contribution in [1.29, 1.82) is 0 Å². The lowest BCUT2D eigenvalue weighted by atomic mass is 10.2. The van der Waals surface area contributed by atoms with E-state index in [1.54, 1.807) is 11.3 Å². The summed E-state index contributed by atoms with van der Waals surface area (Å²) in [4.78, 5) is 14.9. The van der Waals surface area contributed by atoms with Crippen LogP contribution in [-0.4, -0.2) is 29.9 Å². The Kier molecular flexibility index (Phi) is 3.43. The summed E-state index contributed by atoms with van der Waals surface area (Å²) < 4.78 is 1.15. The van der Waals surface area contributed by atoms with Crippen molar-refractivity contribution in [3.63, 3.8) is 0 Å². The molecular weight excluding hydrogens is 276 g/mol. The van der Waals surface area contributed by atoms with Crippen LogP contribution in [0, 0.1) is 0 Å². The SMILES string of the molecule is CC1C(=O)NCCN1Cc1ccc(Br)s1. The second-order valence-electron chi connectivity index (χ2n) is 3.64. The van der Waals surface area contributed by atoms with Gasteiger partial charge in [0.15, 0.2) is 0 Å². The van der Waals surface area contributed by atoms with Crippen LogP contribution in [0.1, 0.15) is 11.8 Å². The normalized spacial score (nSPS) is 22.8. The Hall–Kier alpha value is -0.390. The van der Waals surface area contributed by atoms with E-state index in [-0.39, 0.29) is 11.9 Å². The highest BCUT2D eigenvalue weighted by molar-refractivity contribution is 9.11. The molecule has 0 bridgehead atoms. The van der Waals surface area contributed by atoms with Gasteiger partial charge in [0.25, 0.3) is 0 Å². The van der Waals surface area contributed by atoms with Crippen molar-refractivity contribution in [3.8, 4) is 0 Å². The number of amides is 1. The number of thiophene rings is 1. The third kappa shape index (κ3) is 2.59. The van der Waals surface area contributed by atoms with Gasteiger partial charge in [-0.1, -0.05) is 0 Å². The van der Waals surface area contributed by atoms with Gasteiger partial charge in [0, 0.05) is 24.5 Å². The summed E-state index contributed by atoms with van der Waals surface area (Å²) >= 11 is 5.17. The topological polar surface area (TPSA) is 32.3 Å². The fourth-order valence-corrected chi connectivity index (χ4v) is 3.19. The summed E-state index contributed by atoms with van der Waals surface area (Å²) in [5.41, 5.74) is 0. The van der Waals surface area contributed by atoms with E-state index in [2.05, 4.69) is 38.3 Å². The molecule has 3 nitrogen and oxygen atoms in total. The second kappa shape index (κ2) is 4.63. The van der Waals surface area contributed by atoms with Gasteiger partial charge < -0.3 is 5.32 Å². The Morgan fingerprint density at radius 3 is 3.13 bits per heavy atom. The molecule has 1 saturated heterocycles. The largest absolute Gasteiger partial charge is 0.353 e. The molecule has 1 N–H and O–H groups in total. The summed E-state index contributed by atoms with van der Waals surface area (Å²) in [5.74, 6) is 0.136. The zero-order valence-corrected chi connectivity index (χ0v) is 10.9. The van der Waals surface area contributed by atoms with Crippen molar-refractivity contribution >= 4 is 33.2 Å². The number of hydrogen-bond donors (Lipinski definition) is 1. The van der Waals surface area contributed by atoms with E-state index in [4.69, 9.17) is 0 Å². The molecule has 1 aromatic rings. The molecule has 82 valence electrons. The lowest BCUT2D eigenvalue weighted by Gasteiger charge is -2.32. The van der Waals surface area contributed by atoms with Crippen molar-refractivity contribution in [2.45, 2.75) is 19.5 Å². The van der Waals surface area contributed by atoms with Crippen LogP contribution in [0.3, 0.4) is 0 Å². The Balaban J connectivity index is 2.02. The van der Waals surface area contributed by atoms with E-state index in [9.17, 15) is 4.79 Å². The van der Waals surface area contributed by atoms with Crippen LogP contribution in [-0.2, 0) is 11.3 Å². The maximum atomic E-state index is 11.4. The standard InChI is InChI=1S/C10H13BrN2OS/c1-7-10(14)12-4-5-13(7)6-8-2-3-9(11)15-8/h2-3,7H,4-6H2,1H3,(H,12,14). The van der Waals surface area contributed by atoms with Gasteiger partial charge in [0.2, 0.25) is 5.91 Å². The third-order valence-electron chi connectivity index (χ3n) is 2.61. The molecule has 0 aromatic carbocycles. The minimum absolute atomic E-state index is 0.0142. The first-order valence-electron chi connectivity index (χ1n) is 4.93. The molecule has 15 heavy (non-hydrogen) atoms. The molecule has 2 heterocycles. The number of hydrogen-bond acceptors (Lipinski definition) is 3. The molecule has 1 amide bonds. The molecule has 1 atom stereocenters. The number of nitrogens with zero attached hydrogens (tertiary/aromatic N) is 1. The predicted molar refractivity (Wildman–Crippen MR) is 64.9 cm³/mol. The molecule has 0 radical (unpaired) electrons. The lowest BCUT2D eigenvalue weighted by Crippen LogP contribution is -2.53. The van der Waals surface area contributed by atoms with Crippen molar-refractivity contribution in [2.24, 2.45) is 0 Å². The van der Waals surface area contributed by atoms with E-state index >= 15 is 0 Å². The molecule has 1 unspecified atom stereocenters. The van der Waals surface area contributed by atoms with Gasteiger partial charge in [-0.2, -0.15) is 0 Å². The zero-order valence-electron chi connectivity index (χ0n) is 8.50. The number of halogens is 1. The van der Waals surface area contributed by atoms with Crippen LogP contribution in [0.4, 0.5) is 0 Å². The van der Waals surface area contributed by atoms with Crippen molar-refractivity contribution in [2.75, 3.05) is 13.1 Å². The Labute approximate surface area is 102 Å². The number of carbonyl (C=O) groups is 1. The highest BCUT2D eigenvalue weighted by Gasteiger charge is 2.25. The molecule has 1 aromatic heterocycles. The van der Waals surface area contributed by atoms with Gasteiger partial charge in [-0.15, -0.1) is 11.3 Å². The highest BCUT2D eigenvalue weighted by atomic mass is 79.9. The summed E-state index contributed by atoms with van der Waals surface area (Å²) in [6.07, 6.45) is 0. The van der Waals surface area contributed by atoms with E-state index in [0.29, 0.717) is 0 Å². The van der Waals surface area contributed by atoms with E-state index in [1.807, 2.05) is 6.92 Å². The minimum atomic E-state index is -0.0142. The first kappa shape index (κ1) is 11.1. The third-order valence-corrected chi connectivity index (χ3v) is 4.22. The summed E-state index contributed by atoms with van der Waals surface area (Å²) in [7, 11) is 0. The minimum Gasteiger partial charge on any atom is -0.353 e. The summed E-state index contributed by atoms with van der Waals surface area (Å²) in [5, 5.41) is 2.87. The Morgan fingerprint density at radius 2 is 2.47 bits per heavy atom. The van der Waals surface area contributed by atoms with Gasteiger partial charge in [-0.3, -0.25) is 9.69 Å².